The van der Waals surface area contributed by atoms with Crippen LogP contribution in [0.2, 0.25) is 0 Å². The third-order valence-electron chi connectivity index (χ3n) is 2.41. The molecule has 4 nitrogen and oxygen atoms in total. The summed E-state index contributed by atoms with van der Waals surface area (Å²) in [5, 5.41) is 3.24. The van der Waals surface area contributed by atoms with Crippen LogP contribution in [0.5, 0.6) is 0 Å². The molecule has 0 aromatic heterocycles. The first kappa shape index (κ1) is 10.9. The number of hydrogen-bond donors (Lipinski definition) is 2. The van der Waals surface area contributed by atoms with Crippen LogP contribution in [0.1, 0.15) is 12.8 Å². The van der Waals surface area contributed by atoms with Crippen LogP contribution < -0.4 is 11.6 Å². The van der Waals surface area contributed by atoms with Crippen molar-refractivity contribution in [2.45, 2.75) is 19.0 Å². The average molecular weight is 210 g/mol. The van der Waals surface area contributed by atoms with Crippen molar-refractivity contribution in [1.82, 2.24) is 4.90 Å². The Labute approximate surface area is 79.7 Å². The molecule has 1 heterocycles. The van der Waals surface area contributed by atoms with Gasteiger partial charge in [0.2, 0.25) is 5.96 Å². The van der Waals surface area contributed by atoms with Crippen LogP contribution in [0, 0.1) is 5.92 Å². The van der Waals surface area contributed by atoms with Crippen LogP contribution >= 0.6 is 0 Å². The lowest BCUT2D eigenvalue weighted by Gasteiger charge is -2.33. The van der Waals surface area contributed by atoms with Gasteiger partial charge in [-0.25, -0.2) is 0 Å². The number of guanidine groups is 1. The number of likely N-dealkylation sites (tertiary alicyclic amines) is 1. The average Bonchev–Trinajstić information content (AvgIpc) is 2.15. The monoisotopic (exact) mass is 210 g/mol. The van der Waals surface area contributed by atoms with Crippen molar-refractivity contribution in [2.24, 2.45) is 22.6 Å². The summed E-state index contributed by atoms with van der Waals surface area (Å²) < 4.78 is 36.7. The summed E-state index contributed by atoms with van der Waals surface area (Å²) in [6.07, 6.45) is -3.99. The molecule has 1 aliphatic heterocycles. The Kier molecular flexibility index (Phi) is 3.07. The molecule has 1 fully saturated rings. The van der Waals surface area contributed by atoms with E-state index in [-0.39, 0.29) is 31.9 Å². The van der Waals surface area contributed by atoms with E-state index in [0.717, 1.165) is 0 Å². The third-order valence-corrected chi connectivity index (χ3v) is 2.41. The Morgan fingerprint density at radius 1 is 1.29 bits per heavy atom. The van der Waals surface area contributed by atoms with Crippen molar-refractivity contribution in [3.63, 3.8) is 0 Å². The smallest absolute Gasteiger partial charge is 0.368 e. The zero-order chi connectivity index (χ0) is 10.8. The van der Waals surface area contributed by atoms with Crippen LogP contribution in [0.25, 0.3) is 0 Å². The summed E-state index contributed by atoms with van der Waals surface area (Å²) >= 11 is 0. The fourth-order valence-electron chi connectivity index (χ4n) is 1.52. The second-order valence-electron chi connectivity index (χ2n) is 3.29. The summed E-state index contributed by atoms with van der Waals surface area (Å²) in [6.45, 7) is 0.521. The molecule has 0 atom stereocenters. The predicted octanol–water partition coefficient (Wildman–Crippen LogP) is 0.449. The third kappa shape index (κ3) is 2.43. The van der Waals surface area contributed by atoms with E-state index in [1.54, 1.807) is 4.90 Å². The Bertz CT molecular complexity index is 217. The van der Waals surface area contributed by atoms with Gasteiger partial charge in [-0.2, -0.15) is 13.2 Å². The summed E-state index contributed by atoms with van der Waals surface area (Å²) in [6, 6.07) is 0. The molecule has 7 heteroatoms. The van der Waals surface area contributed by atoms with Crippen molar-refractivity contribution in [3.05, 3.63) is 0 Å². The fourth-order valence-corrected chi connectivity index (χ4v) is 1.52. The quantitative estimate of drug-likeness (QED) is 0.264. The van der Waals surface area contributed by atoms with E-state index in [0.29, 0.717) is 0 Å². The van der Waals surface area contributed by atoms with Gasteiger partial charge < -0.3 is 16.5 Å². The van der Waals surface area contributed by atoms with E-state index < -0.39 is 12.1 Å². The van der Waals surface area contributed by atoms with Crippen LogP contribution in [0.3, 0.4) is 0 Å². The van der Waals surface area contributed by atoms with Gasteiger partial charge in [0.15, 0.2) is 0 Å². The maximum atomic E-state index is 12.2. The van der Waals surface area contributed by atoms with Gasteiger partial charge in [0.05, 0.1) is 5.92 Å². The number of hydrazone groups is 1. The standard InChI is InChI=1S/C7H13F3N4/c8-7(9,10)5-1-3-14(4-2-5)6(11)13-12/h5H,1-4,12H2,(H2,11,13). The molecule has 14 heavy (non-hydrogen) atoms. The molecule has 0 aliphatic carbocycles. The van der Waals surface area contributed by atoms with E-state index in [2.05, 4.69) is 5.10 Å². The molecule has 0 saturated carbocycles. The maximum Gasteiger partial charge on any atom is 0.391 e. The second-order valence-corrected chi connectivity index (χ2v) is 3.29. The van der Waals surface area contributed by atoms with Crippen LogP contribution in [0.4, 0.5) is 13.2 Å². The minimum Gasteiger partial charge on any atom is -0.368 e. The summed E-state index contributed by atoms with van der Waals surface area (Å²) in [5.41, 5.74) is 5.37. The highest BCUT2D eigenvalue weighted by Crippen LogP contribution is 2.33. The highest BCUT2D eigenvalue weighted by molar-refractivity contribution is 5.77. The Morgan fingerprint density at radius 3 is 2.14 bits per heavy atom. The zero-order valence-corrected chi connectivity index (χ0v) is 7.59. The first-order chi connectivity index (χ1) is 6.45. The number of piperidine rings is 1. The molecule has 0 aromatic carbocycles. The van der Waals surface area contributed by atoms with Gasteiger partial charge in [0.25, 0.3) is 0 Å². The molecule has 0 aromatic rings. The van der Waals surface area contributed by atoms with Gasteiger partial charge in [-0.1, -0.05) is 0 Å². The van der Waals surface area contributed by atoms with Crippen molar-refractivity contribution in [1.29, 1.82) is 0 Å². The summed E-state index contributed by atoms with van der Waals surface area (Å²) in [5.74, 6) is 3.81. The zero-order valence-electron chi connectivity index (χ0n) is 7.59. The van der Waals surface area contributed by atoms with Gasteiger partial charge in [0, 0.05) is 13.1 Å². The number of nitrogens with zero attached hydrogens (tertiary/aromatic N) is 2. The molecule has 82 valence electrons. The molecule has 0 bridgehead atoms. The first-order valence-electron chi connectivity index (χ1n) is 4.30. The fraction of sp³-hybridized carbons (Fsp3) is 0.857. The molecule has 0 unspecified atom stereocenters. The lowest BCUT2D eigenvalue weighted by Crippen LogP contribution is -2.45. The predicted molar refractivity (Wildman–Crippen MR) is 46.2 cm³/mol. The van der Waals surface area contributed by atoms with E-state index in [4.69, 9.17) is 11.6 Å². The SMILES string of the molecule is NN=C(N)N1CCC(C(F)(F)F)CC1. The number of hydrogen-bond acceptors (Lipinski definition) is 2. The minimum atomic E-state index is -4.10. The number of alkyl halides is 3. The molecular weight excluding hydrogens is 197 g/mol. The largest absolute Gasteiger partial charge is 0.391 e. The van der Waals surface area contributed by atoms with E-state index in [1.165, 1.54) is 0 Å². The van der Waals surface area contributed by atoms with Gasteiger partial charge in [0.1, 0.15) is 0 Å². The van der Waals surface area contributed by atoms with Gasteiger partial charge in [-0.15, -0.1) is 5.10 Å². The van der Waals surface area contributed by atoms with E-state index >= 15 is 0 Å². The number of nitrogens with two attached hydrogens (primary N) is 2. The molecule has 0 radical (unpaired) electrons. The van der Waals surface area contributed by atoms with Crippen molar-refractivity contribution < 1.29 is 13.2 Å². The molecule has 0 amide bonds. The Morgan fingerprint density at radius 2 is 1.79 bits per heavy atom. The van der Waals surface area contributed by atoms with Crippen molar-refractivity contribution in [2.75, 3.05) is 13.1 Å². The topological polar surface area (TPSA) is 67.6 Å². The van der Waals surface area contributed by atoms with Crippen molar-refractivity contribution >= 4 is 5.96 Å². The normalized spacial score (nSPS) is 21.4. The Balaban J connectivity index is 2.47. The maximum absolute atomic E-state index is 12.2. The molecule has 4 N–H and O–H groups in total. The lowest BCUT2D eigenvalue weighted by molar-refractivity contribution is -0.183. The first-order valence-corrected chi connectivity index (χ1v) is 4.30. The van der Waals surface area contributed by atoms with Crippen molar-refractivity contribution in [3.8, 4) is 0 Å². The van der Waals surface area contributed by atoms with E-state index in [9.17, 15) is 13.2 Å². The molecule has 1 aliphatic rings. The van der Waals surface area contributed by atoms with Crippen LogP contribution in [-0.2, 0) is 0 Å². The minimum absolute atomic E-state index is 0.0553. The highest BCUT2D eigenvalue weighted by atomic mass is 19.4. The van der Waals surface area contributed by atoms with Crippen LogP contribution in [-0.4, -0.2) is 30.1 Å². The highest BCUT2D eigenvalue weighted by Gasteiger charge is 2.41. The Hall–Kier alpha value is -1.14. The second kappa shape index (κ2) is 3.93. The molecular formula is C7H13F3N4. The number of rotatable bonds is 0. The number of halogens is 3. The van der Waals surface area contributed by atoms with E-state index in [1.807, 2.05) is 0 Å². The molecule has 1 rings (SSSR count). The van der Waals surface area contributed by atoms with Crippen LogP contribution in [0.15, 0.2) is 5.10 Å². The van der Waals surface area contributed by atoms with Gasteiger partial charge >= 0.3 is 6.18 Å². The lowest BCUT2D eigenvalue weighted by atomic mass is 9.96. The molecule has 0 spiro atoms. The van der Waals surface area contributed by atoms with Gasteiger partial charge in [-0.3, -0.25) is 0 Å². The summed E-state index contributed by atoms with van der Waals surface area (Å²) in [4.78, 5) is 1.56. The molecule has 1 saturated heterocycles. The summed E-state index contributed by atoms with van der Waals surface area (Å²) in [7, 11) is 0. The van der Waals surface area contributed by atoms with Gasteiger partial charge in [-0.05, 0) is 12.8 Å².